The Morgan fingerprint density at radius 1 is 1.10 bits per heavy atom. The van der Waals surface area contributed by atoms with Crippen molar-refractivity contribution in [1.29, 1.82) is 5.41 Å². The minimum atomic E-state index is -0.207. The number of carbonyl (C=O) groups is 1. The number of amidine groups is 1. The van der Waals surface area contributed by atoms with E-state index in [0.717, 1.165) is 54.5 Å². The topological polar surface area (TPSA) is 113 Å². The molecule has 3 N–H and O–H groups in total. The number of ether oxygens (including phenoxy) is 1. The number of benzene rings is 1. The first-order valence-corrected chi connectivity index (χ1v) is 9.78. The molecule has 4 rings (SSSR count). The van der Waals surface area contributed by atoms with Crippen LogP contribution in [0.3, 0.4) is 0 Å². The number of hydrogen-bond acceptors (Lipinski definition) is 7. The zero-order chi connectivity index (χ0) is 21.3. The van der Waals surface area contributed by atoms with Gasteiger partial charge in [-0.2, -0.15) is 0 Å². The van der Waals surface area contributed by atoms with Crippen LogP contribution in [-0.4, -0.2) is 71.1 Å². The molecule has 0 radical (unpaired) electrons. The molecule has 156 valence electrons. The molecule has 0 unspecified atom stereocenters. The molecular weight excluding hydrogens is 382 g/mol. The van der Waals surface area contributed by atoms with Crippen LogP contribution in [0, 0.1) is 5.41 Å². The van der Waals surface area contributed by atoms with Crippen LogP contribution in [0.4, 0.5) is 5.82 Å². The summed E-state index contributed by atoms with van der Waals surface area (Å²) < 4.78 is 6.73. The van der Waals surface area contributed by atoms with Crippen molar-refractivity contribution in [3.8, 4) is 11.4 Å². The van der Waals surface area contributed by atoms with E-state index >= 15 is 0 Å². The minimum absolute atomic E-state index is 0.0459. The second-order valence-electron chi connectivity index (χ2n) is 7.34. The lowest BCUT2D eigenvalue weighted by Crippen LogP contribution is -2.48. The largest absolute Gasteiger partial charge is 0.468 e. The van der Waals surface area contributed by atoms with Crippen molar-refractivity contribution in [1.82, 2.24) is 19.4 Å². The van der Waals surface area contributed by atoms with Crippen LogP contribution in [0.2, 0.25) is 0 Å². The molecule has 1 fully saturated rings. The number of aryl methyl sites for hydroxylation is 1. The van der Waals surface area contributed by atoms with Gasteiger partial charge in [0.25, 0.3) is 0 Å². The summed E-state index contributed by atoms with van der Waals surface area (Å²) in [6.07, 6.45) is 0. The third kappa shape index (κ3) is 3.84. The Bertz CT molecular complexity index is 1080. The van der Waals surface area contributed by atoms with Gasteiger partial charge in [0.15, 0.2) is 5.65 Å². The fourth-order valence-corrected chi connectivity index (χ4v) is 3.67. The molecule has 9 nitrogen and oxygen atoms in total. The van der Waals surface area contributed by atoms with Crippen molar-refractivity contribution in [2.45, 2.75) is 0 Å². The van der Waals surface area contributed by atoms with Crippen LogP contribution < -0.4 is 10.6 Å². The number of esters is 1. The normalized spacial score (nSPS) is 14.8. The number of hydrogen-bond donors (Lipinski definition) is 2. The molecule has 0 saturated carbocycles. The van der Waals surface area contributed by atoms with Crippen LogP contribution in [0.5, 0.6) is 0 Å². The lowest BCUT2D eigenvalue weighted by Gasteiger charge is -2.34. The molecular formula is C21H25N7O2. The van der Waals surface area contributed by atoms with Crippen LogP contribution in [0.1, 0.15) is 5.56 Å². The Morgan fingerprint density at radius 3 is 2.43 bits per heavy atom. The number of methoxy groups -OCH3 is 1. The first kappa shape index (κ1) is 19.8. The second-order valence-corrected chi connectivity index (χ2v) is 7.34. The van der Waals surface area contributed by atoms with E-state index in [4.69, 9.17) is 25.8 Å². The quantitative estimate of drug-likeness (QED) is 0.371. The Kier molecular flexibility index (Phi) is 5.37. The van der Waals surface area contributed by atoms with Gasteiger partial charge in [-0.1, -0.05) is 24.3 Å². The molecule has 0 amide bonds. The van der Waals surface area contributed by atoms with E-state index in [2.05, 4.69) is 9.80 Å². The van der Waals surface area contributed by atoms with Gasteiger partial charge in [0.05, 0.1) is 13.7 Å². The molecule has 0 aliphatic carbocycles. The third-order valence-corrected chi connectivity index (χ3v) is 5.43. The summed E-state index contributed by atoms with van der Waals surface area (Å²) >= 11 is 0. The predicted molar refractivity (Wildman–Crippen MR) is 116 cm³/mol. The van der Waals surface area contributed by atoms with Gasteiger partial charge in [0, 0.05) is 44.4 Å². The summed E-state index contributed by atoms with van der Waals surface area (Å²) in [5.41, 5.74) is 8.81. The number of nitrogens with one attached hydrogen (secondary N) is 1. The molecule has 1 aliphatic rings. The van der Waals surface area contributed by atoms with Crippen molar-refractivity contribution in [3.63, 3.8) is 0 Å². The van der Waals surface area contributed by atoms with Gasteiger partial charge < -0.3 is 19.9 Å². The monoisotopic (exact) mass is 407 g/mol. The summed E-state index contributed by atoms with van der Waals surface area (Å²) in [7, 11) is 3.37. The highest BCUT2D eigenvalue weighted by Gasteiger charge is 2.21. The van der Waals surface area contributed by atoms with Gasteiger partial charge in [0.2, 0.25) is 0 Å². The maximum absolute atomic E-state index is 11.5. The predicted octanol–water partition coefficient (Wildman–Crippen LogP) is 1.21. The Morgan fingerprint density at radius 2 is 1.80 bits per heavy atom. The van der Waals surface area contributed by atoms with Crippen molar-refractivity contribution >= 4 is 28.8 Å². The fourth-order valence-electron chi connectivity index (χ4n) is 3.67. The van der Waals surface area contributed by atoms with Crippen LogP contribution in [-0.2, 0) is 16.6 Å². The maximum atomic E-state index is 11.5. The Balaban J connectivity index is 1.54. The maximum Gasteiger partial charge on any atom is 0.319 e. The van der Waals surface area contributed by atoms with E-state index in [1.54, 1.807) is 0 Å². The Labute approximate surface area is 174 Å². The number of imidazole rings is 1. The van der Waals surface area contributed by atoms with Crippen molar-refractivity contribution in [2.24, 2.45) is 12.8 Å². The number of aromatic nitrogens is 3. The van der Waals surface area contributed by atoms with Crippen LogP contribution in [0.15, 0.2) is 36.4 Å². The number of piperazine rings is 1. The molecule has 0 atom stereocenters. The van der Waals surface area contributed by atoms with Gasteiger partial charge in [0.1, 0.15) is 23.0 Å². The van der Waals surface area contributed by atoms with Crippen molar-refractivity contribution in [3.05, 3.63) is 42.0 Å². The molecule has 9 heteroatoms. The number of pyridine rings is 1. The number of nitrogens with two attached hydrogens (primary N) is 1. The molecule has 30 heavy (non-hydrogen) atoms. The highest BCUT2D eigenvalue weighted by Crippen LogP contribution is 2.25. The lowest BCUT2D eigenvalue weighted by molar-refractivity contribution is -0.142. The fraction of sp³-hybridized carbons (Fsp3) is 0.333. The Hall–Kier alpha value is -3.46. The van der Waals surface area contributed by atoms with Crippen LogP contribution >= 0.6 is 0 Å². The van der Waals surface area contributed by atoms with E-state index in [1.165, 1.54) is 7.11 Å². The molecule has 1 aliphatic heterocycles. The van der Waals surface area contributed by atoms with E-state index in [-0.39, 0.29) is 11.8 Å². The summed E-state index contributed by atoms with van der Waals surface area (Å²) in [5.74, 6) is 1.56. The van der Waals surface area contributed by atoms with Gasteiger partial charge in [-0.15, -0.1) is 0 Å². The van der Waals surface area contributed by atoms with E-state index < -0.39 is 0 Å². The summed E-state index contributed by atoms with van der Waals surface area (Å²) in [6.45, 7) is 3.49. The molecule has 0 bridgehead atoms. The number of fused-ring (bicyclic) bond motifs is 1. The van der Waals surface area contributed by atoms with Gasteiger partial charge in [-0.05, 0) is 12.1 Å². The molecule has 3 aromatic rings. The number of carbonyl (C=O) groups excluding carboxylic acids is 1. The SMILES string of the molecule is COC(=O)CN1CCN(c2ccc3nc(-c4ccc(C(=N)N)cc4)n(C)c3n2)CC1. The smallest absolute Gasteiger partial charge is 0.319 e. The summed E-state index contributed by atoms with van der Waals surface area (Å²) in [5, 5.41) is 7.53. The van der Waals surface area contributed by atoms with E-state index in [9.17, 15) is 4.79 Å². The summed E-state index contributed by atoms with van der Waals surface area (Å²) in [6, 6.07) is 11.5. The first-order valence-electron chi connectivity index (χ1n) is 9.78. The van der Waals surface area contributed by atoms with E-state index in [1.807, 2.05) is 48.0 Å². The zero-order valence-electron chi connectivity index (χ0n) is 17.1. The molecule has 1 saturated heterocycles. The third-order valence-electron chi connectivity index (χ3n) is 5.43. The number of nitrogen functional groups attached to an aromatic ring is 1. The van der Waals surface area contributed by atoms with Gasteiger partial charge >= 0.3 is 5.97 Å². The molecule has 3 heterocycles. The lowest BCUT2D eigenvalue weighted by atomic mass is 10.1. The van der Waals surface area contributed by atoms with Crippen molar-refractivity contribution in [2.75, 3.05) is 44.7 Å². The highest BCUT2D eigenvalue weighted by atomic mass is 16.5. The van der Waals surface area contributed by atoms with Gasteiger partial charge in [-0.25, -0.2) is 9.97 Å². The van der Waals surface area contributed by atoms with Crippen molar-refractivity contribution < 1.29 is 9.53 Å². The molecule has 2 aromatic heterocycles. The number of anilines is 1. The average Bonchev–Trinajstić information content (AvgIpc) is 3.10. The molecule has 1 aromatic carbocycles. The average molecular weight is 407 g/mol. The number of rotatable bonds is 5. The number of nitrogens with zero attached hydrogens (tertiary/aromatic N) is 5. The second kappa shape index (κ2) is 8.11. The minimum Gasteiger partial charge on any atom is -0.468 e. The zero-order valence-corrected chi connectivity index (χ0v) is 17.1. The summed E-state index contributed by atoms with van der Waals surface area (Å²) in [4.78, 5) is 25.4. The van der Waals surface area contributed by atoms with Gasteiger partial charge in [-0.3, -0.25) is 15.1 Å². The highest BCUT2D eigenvalue weighted by molar-refractivity contribution is 5.95. The van der Waals surface area contributed by atoms with Crippen LogP contribution in [0.25, 0.3) is 22.6 Å². The van der Waals surface area contributed by atoms with E-state index in [0.29, 0.717) is 12.1 Å². The standard InChI is InChI=1S/C21H25N7O2/c1-26-20(15-5-3-14(4-6-15)19(22)23)24-16-7-8-17(25-21(16)26)28-11-9-27(10-12-28)13-18(29)30-2/h3-8H,9-13H2,1-2H3,(H3,22,23). The molecule has 0 spiro atoms. The first-order chi connectivity index (χ1) is 14.5.